The number of aromatic nitrogens is 1. The summed E-state index contributed by atoms with van der Waals surface area (Å²) in [6.07, 6.45) is 7.13. The van der Waals surface area contributed by atoms with Crippen LogP contribution in [0.2, 0.25) is 5.15 Å². The molecule has 0 amide bonds. The van der Waals surface area contributed by atoms with Crippen LogP contribution in [0.15, 0.2) is 0 Å². The lowest BCUT2D eigenvalue weighted by Gasteiger charge is -2.19. The number of carbonyl (C=O) groups is 1. The highest BCUT2D eigenvalue weighted by Crippen LogP contribution is 2.31. The lowest BCUT2D eigenvalue weighted by atomic mass is 9.96. The highest BCUT2D eigenvalue weighted by atomic mass is 35.5. The number of rotatable bonds is 4. The Morgan fingerprint density at radius 1 is 1.50 bits per heavy atom. The third-order valence-electron chi connectivity index (χ3n) is 3.52. The second-order valence-electron chi connectivity index (χ2n) is 4.84. The van der Waals surface area contributed by atoms with Gasteiger partial charge in [-0.05, 0) is 25.2 Å². The summed E-state index contributed by atoms with van der Waals surface area (Å²) < 4.78 is 0. The SMILES string of the molecule is CCCC1CCCN(c2nc(Cl)c(C=O)s2)CC1. The standard InChI is InChI=1S/C13H19ClN2OS/c1-2-4-10-5-3-7-16(8-6-10)13-15-12(14)11(9-17)18-13/h9-10H,2-8H2,1H3. The number of anilines is 1. The average molecular weight is 287 g/mol. The molecule has 100 valence electrons. The first-order valence-corrected chi connectivity index (χ1v) is 7.80. The van der Waals surface area contributed by atoms with Crippen LogP contribution in [0, 0.1) is 5.92 Å². The molecular weight excluding hydrogens is 268 g/mol. The van der Waals surface area contributed by atoms with E-state index in [-0.39, 0.29) is 0 Å². The van der Waals surface area contributed by atoms with Crippen LogP contribution in [0.5, 0.6) is 0 Å². The van der Waals surface area contributed by atoms with Crippen LogP contribution >= 0.6 is 22.9 Å². The smallest absolute Gasteiger partial charge is 0.187 e. The topological polar surface area (TPSA) is 33.2 Å². The van der Waals surface area contributed by atoms with Gasteiger partial charge in [-0.2, -0.15) is 0 Å². The van der Waals surface area contributed by atoms with E-state index in [0.29, 0.717) is 10.0 Å². The van der Waals surface area contributed by atoms with Crippen molar-refractivity contribution in [2.24, 2.45) is 5.92 Å². The Kier molecular flexibility index (Phi) is 5.01. The molecule has 1 saturated heterocycles. The molecule has 1 fully saturated rings. The van der Waals surface area contributed by atoms with E-state index in [2.05, 4.69) is 16.8 Å². The average Bonchev–Trinajstić information content (AvgIpc) is 2.59. The van der Waals surface area contributed by atoms with Gasteiger partial charge in [0.25, 0.3) is 0 Å². The zero-order valence-corrected chi connectivity index (χ0v) is 12.3. The first kappa shape index (κ1) is 13.8. The quantitative estimate of drug-likeness (QED) is 0.784. The van der Waals surface area contributed by atoms with Crippen LogP contribution in [0.1, 0.15) is 48.7 Å². The number of halogens is 1. The van der Waals surface area contributed by atoms with Gasteiger partial charge in [0, 0.05) is 13.1 Å². The monoisotopic (exact) mass is 286 g/mol. The maximum atomic E-state index is 10.8. The number of hydrogen-bond acceptors (Lipinski definition) is 4. The zero-order chi connectivity index (χ0) is 13.0. The largest absolute Gasteiger partial charge is 0.348 e. The van der Waals surface area contributed by atoms with Gasteiger partial charge in [0.05, 0.1) is 0 Å². The van der Waals surface area contributed by atoms with Crippen molar-refractivity contribution >= 4 is 34.4 Å². The highest BCUT2D eigenvalue weighted by molar-refractivity contribution is 7.17. The molecule has 1 aliphatic rings. The van der Waals surface area contributed by atoms with E-state index in [4.69, 9.17) is 11.6 Å². The summed E-state index contributed by atoms with van der Waals surface area (Å²) in [5.74, 6) is 0.848. The van der Waals surface area contributed by atoms with Crippen molar-refractivity contribution in [3.05, 3.63) is 10.0 Å². The predicted octanol–water partition coefficient (Wildman–Crippen LogP) is 4.02. The molecule has 1 atom stereocenters. The molecule has 1 aliphatic heterocycles. The van der Waals surface area contributed by atoms with E-state index in [9.17, 15) is 4.79 Å². The van der Waals surface area contributed by atoms with Gasteiger partial charge in [0.2, 0.25) is 0 Å². The second-order valence-corrected chi connectivity index (χ2v) is 6.21. The number of hydrogen-bond donors (Lipinski definition) is 0. The predicted molar refractivity (Wildman–Crippen MR) is 77.0 cm³/mol. The van der Waals surface area contributed by atoms with Gasteiger partial charge in [-0.1, -0.05) is 42.7 Å². The summed E-state index contributed by atoms with van der Waals surface area (Å²) in [5.41, 5.74) is 0. The Bertz CT molecular complexity index is 408. The fraction of sp³-hybridized carbons (Fsp3) is 0.692. The first-order chi connectivity index (χ1) is 8.74. The van der Waals surface area contributed by atoms with Gasteiger partial charge in [-0.3, -0.25) is 4.79 Å². The van der Waals surface area contributed by atoms with Gasteiger partial charge in [-0.25, -0.2) is 4.98 Å². The van der Waals surface area contributed by atoms with Crippen LogP contribution in [-0.4, -0.2) is 24.4 Å². The van der Waals surface area contributed by atoms with Crippen molar-refractivity contribution in [2.75, 3.05) is 18.0 Å². The number of carbonyl (C=O) groups excluding carboxylic acids is 1. The maximum Gasteiger partial charge on any atom is 0.187 e. The normalized spacial score (nSPS) is 20.8. The molecule has 0 bridgehead atoms. The third kappa shape index (κ3) is 3.23. The fourth-order valence-electron chi connectivity index (χ4n) is 2.56. The second kappa shape index (κ2) is 6.53. The van der Waals surface area contributed by atoms with Gasteiger partial charge >= 0.3 is 0 Å². The van der Waals surface area contributed by atoms with E-state index in [1.165, 1.54) is 43.4 Å². The van der Waals surface area contributed by atoms with Crippen molar-refractivity contribution in [3.63, 3.8) is 0 Å². The summed E-state index contributed by atoms with van der Waals surface area (Å²) >= 11 is 7.33. The molecule has 0 radical (unpaired) electrons. The summed E-state index contributed by atoms with van der Waals surface area (Å²) in [6.45, 7) is 4.31. The zero-order valence-electron chi connectivity index (χ0n) is 10.7. The summed E-state index contributed by atoms with van der Waals surface area (Å²) in [6, 6.07) is 0. The minimum Gasteiger partial charge on any atom is -0.348 e. The lowest BCUT2D eigenvalue weighted by molar-refractivity contribution is 0.112. The molecule has 0 spiro atoms. The summed E-state index contributed by atoms with van der Waals surface area (Å²) in [4.78, 5) is 17.9. The highest BCUT2D eigenvalue weighted by Gasteiger charge is 2.20. The molecule has 18 heavy (non-hydrogen) atoms. The van der Waals surface area contributed by atoms with E-state index in [1.54, 1.807) is 0 Å². The Morgan fingerprint density at radius 2 is 2.33 bits per heavy atom. The fourth-order valence-corrected chi connectivity index (χ4v) is 3.68. The Morgan fingerprint density at radius 3 is 3.00 bits per heavy atom. The number of thiazole rings is 1. The van der Waals surface area contributed by atoms with Crippen molar-refractivity contribution < 1.29 is 4.79 Å². The number of aldehydes is 1. The first-order valence-electron chi connectivity index (χ1n) is 6.61. The van der Waals surface area contributed by atoms with E-state index < -0.39 is 0 Å². The maximum absolute atomic E-state index is 10.8. The van der Waals surface area contributed by atoms with Gasteiger partial charge in [-0.15, -0.1) is 0 Å². The molecule has 3 nitrogen and oxygen atoms in total. The van der Waals surface area contributed by atoms with Crippen molar-refractivity contribution in [1.82, 2.24) is 4.98 Å². The number of nitrogens with zero attached hydrogens (tertiary/aromatic N) is 2. The van der Waals surface area contributed by atoms with Gasteiger partial charge in [0.15, 0.2) is 16.6 Å². The molecule has 2 heterocycles. The van der Waals surface area contributed by atoms with Crippen LogP contribution in [-0.2, 0) is 0 Å². The molecule has 1 aromatic rings. The summed E-state index contributed by atoms with van der Waals surface area (Å²) in [5, 5.41) is 1.25. The van der Waals surface area contributed by atoms with E-state index in [1.807, 2.05) is 0 Å². The van der Waals surface area contributed by atoms with Crippen molar-refractivity contribution in [2.45, 2.75) is 39.0 Å². The van der Waals surface area contributed by atoms with Gasteiger partial charge in [0.1, 0.15) is 4.88 Å². The van der Waals surface area contributed by atoms with E-state index >= 15 is 0 Å². The van der Waals surface area contributed by atoms with Crippen LogP contribution in [0.3, 0.4) is 0 Å². The Hall–Kier alpha value is -0.610. The minimum atomic E-state index is 0.347. The van der Waals surface area contributed by atoms with Gasteiger partial charge < -0.3 is 4.90 Å². The molecule has 0 N–H and O–H groups in total. The minimum absolute atomic E-state index is 0.347. The molecule has 2 rings (SSSR count). The third-order valence-corrected chi connectivity index (χ3v) is 4.96. The Labute approximate surface area is 117 Å². The van der Waals surface area contributed by atoms with Crippen LogP contribution in [0.4, 0.5) is 5.13 Å². The van der Waals surface area contributed by atoms with Crippen molar-refractivity contribution in [1.29, 1.82) is 0 Å². The molecule has 1 aromatic heterocycles. The van der Waals surface area contributed by atoms with Crippen LogP contribution < -0.4 is 4.90 Å². The molecule has 5 heteroatoms. The molecule has 1 unspecified atom stereocenters. The molecular formula is C13H19ClN2OS. The molecule has 0 aliphatic carbocycles. The molecule has 0 aromatic carbocycles. The summed E-state index contributed by atoms with van der Waals surface area (Å²) in [7, 11) is 0. The lowest BCUT2D eigenvalue weighted by Crippen LogP contribution is -2.23. The molecule has 0 saturated carbocycles. The van der Waals surface area contributed by atoms with Crippen LogP contribution in [0.25, 0.3) is 0 Å². The Balaban J connectivity index is 2.02. The van der Waals surface area contributed by atoms with E-state index in [0.717, 1.165) is 30.4 Å². The van der Waals surface area contributed by atoms with Crippen molar-refractivity contribution in [3.8, 4) is 0 Å².